The summed E-state index contributed by atoms with van der Waals surface area (Å²) in [4.78, 5) is 15.0. The van der Waals surface area contributed by atoms with E-state index < -0.39 is 6.10 Å². The average molecular weight is 339 g/mol. The lowest BCUT2D eigenvalue weighted by molar-refractivity contribution is 0.0640. The molecule has 0 saturated carbocycles. The van der Waals surface area contributed by atoms with Crippen molar-refractivity contribution >= 4 is 5.91 Å². The lowest BCUT2D eigenvalue weighted by atomic mass is 9.87. The second-order valence-electron chi connectivity index (χ2n) is 7.13. The van der Waals surface area contributed by atoms with Gasteiger partial charge in [-0.05, 0) is 44.9 Å². The second kappa shape index (κ2) is 8.30. The molecule has 3 nitrogen and oxygen atoms in total. The minimum Gasteiger partial charge on any atom is -0.388 e. The van der Waals surface area contributed by atoms with Crippen LogP contribution in [-0.2, 0) is 0 Å². The van der Waals surface area contributed by atoms with Crippen molar-refractivity contribution in [2.45, 2.75) is 58.7 Å². The standard InChI is InChI=1S/C22H29NO2/c1-15(2)23(16(3)4)22(25)20-14-10-9-13-19(20)17(5)21(24)18-11-7-6-8-12-18/h6-17,21,24H,1-5H3/t17-,21-/m0/s1. The highest BCUT2D eigenvalue weighted by atomic mass is 16.3. The molecule has 0 spiro atoms. The highest BCUT2D eigenvalue weighted by molar-refractivity contribution is 5.96. The van der Waals surface area contributed by atoms with Crippen LogP contribution in [0.25, 0.3) is 0 Å². The van der Waals surface area contributed by atoms with Gasteiger partial charge in [-0.25, -0.2) is 0 Å². The number of carbonyl (C=O) groups excluding carboxylic acids is 1. The minimum absolute atomic E-state index is 0.0210. The lowest BCUT2D eigenvalue weighted by Crippen LogP contribution is -2.42. The van der Waals surface area contributed by atoms with E-state index in [4.69, 9.17) is 0 Å². The van der Waals surface area contributed by atoms with Crippen LogP contribution < -0.4 is 0 Å². The van der Waals surface area contributed by atoms with Gasteiger partial charge in [0.15, 0.2) is 0 Å². The summed E-state index contributed by atoms with van der Waals surface area (Å²) in [6.07, 6.45) is -0.651. The summed E-state index contributed by atoms with van der Waals surface area (Å²) < 4.78 is 0. The molecule has 25 heavy (non-hydrogen) atoms. The summed E-state index contributed by atoms with van der Waals surface area (Å²) in [5.41, 5.74) is 2.42. The van der Waals surface area contributed by atoms with Crippen LogP contribution in [0.5, 0.6) is 0 Å². The van der Waals surface area contributed by atoms with E-state index in [1.165, 1.54) is 0 Å². The molecule has 0 unspecified atom stereocenters. The third-order valence-corrected chi connectivity index (χ3v) is 4.64. The van der Waals surface area contributed by atoms with E-state index in [0.29, 0.717) is 5.56 Å². The van der Waals surface area contributed by atoms with Crippen LogP contribution in [0.3, 0.4) is 0 Å². The number of benzene rings is 2. The van der Waals surface area contributed by atoms with Crippen molar-refractivity contribution in [3.8, 4) is 0 Å². The van der Waals surface area contributed by atoms with Gasteiger partial charge in [0.25, 0.3) is 5.91 Å². The molecule has 3 heteroatoms. The maximum absolute atomic E-state index is 13.2. The summed E-state index contributed by atoms with van der Waals surface area (Å²) >= 11 is 0. The van der Waals surface area contributed by atoms with Gasteiger partial charge in [0.1, 0.15) is 0 Å². The molecule has 2 aromatic carbocycles. The summed E-state index contributed by atoms with van der Waals surface area (Å²) in [7, 11) is 0. The molecule has 1 N–H and O–H groups in total. The van der Waals surface area contributed by atoms with Gasteiger partial charge in [-0.2, -0.15) is 0 Å². The van der Waals surface area contributed by atoms with Gasteiger partial charge in [-0.1, -0.05) is 55.5 Å². The maximum Gasteiger partial charge on any atom is 0.254 e. The number of rotatable bonds is 6. The van der Waals surface area contributed by atoms with Gasteiger partial charge in [0.05, 0.1) is 6.10 Å². The first-order chi connectivity index (χ1) is 11.8. The molecule has 0 aliphatic rings. The molecule has 0 bridgehead atoms. The Bertz CT molecular complexity index is 686. The first kappa shape index (κ1) is 19.2. The van der Waals surface area contributed by atoms with E-state index >= 15 is 0 Å². The normalized spacial score (nSPS) is 13.8. The number of aliphatic hydroxyl groups excluding tert-OH is 1. The van der Waals surface area contributed by atoms with Crippen molar-refractivity contribution in [3.05, 3.63) is 71.3 Å². The molecule has 134 valence electrons. The van der Waals surface area contributed by atoms with E-state index in [1.54, 1.807) is 0 Å². The summed E-state index contributed by atoms with van der Waals surface area (Å²) in [6.45, 7) is 10.1. The Kier molecular flexibility index (Phi) is 6.38. The Morgan fingerprint density at radius 1 is 0.840 bits per heavy atom. The molecule has 0 aliphatic heterocycles. The van der Waals surface area contributed by atoms with Crippen LogP contribution in [0, 0.1) is 0 Å². The van der Waals surface area contributed by atoms with Gasteiger partial charge in [0.2, 0.25) is 0 Å². The maximum atomic E-state index is 13.2. The summed E-state index contributed by atoms with van der Waals surface area (Å²) in [5.74, 6) is -0.156. The van der Waals surface area contributed by atoms with E-state index in [0.717, 1.165) is 11.1 Å². The van der Waals surface area contributed by atoms with Gasteiger partial charge >= 0.3 is 0 Å². The van der Waals surface area contributed by atoms with Crippen LogP contribution in [0.1, 0.15) is 68.1 Å². The Morgan fingerprint density at radius 3 is 1.92 bits per heavy atom. The smallest absolute Gasteiger partial charge is 0.254 e. The number of nitrogens with zero attached hydrogens (tertiary/aromatic N) is 1. The predicted octanol–water partition coefficient (Wildman–Crippen LogP) is 4.78. The van der Waals surface area contributed by atoms with Gasteiger partial charge in [-0.15, -0.1) is 0 Å². The topological polar surface area (TPSA) is 40.5 Å². The second-order valence-corrected chi connectivity index (χ2v) is 7.13. The SMILES string of the molecule is CC(C)N(C(=O)c1ccccc1[C@H](C)[C@H](O)c1ccccc1)C(C)C. The van der Waals surface area contributed by atoms with Crippen LogP contribution >= 0.6 is 0 Å². The first-order valence-corrected chi connectivity index (χ1v) is 8.99. The van der Waals surface area contributed by atoms with Crippen molar-refractivity contribution in [2.24, 2.45) is 0 Å². The lowest BCUT2D eigenvalue weighted by Gasteiger charge is -2.32. The number of hydrogen-bond donors (Lipinski definition) is 1. The average Bonchev–Trinajstić information content (AvgIpc) is 2.60. The highest BCUT2D eigenvalue weighted by Crippen LogP contribution is 2.33. The summed E-state index contributed by atoms with van der Waals surface area (Å²) in [6, 6.07) is 17.5. The fraction of sp³-hybridized carbons (Fsp3) is 0.409. The number of amides is 1. The molecule has 0 aromatic heterocycles. The molecule has 0 aliphatic carbocycles. The zero-order chi connectivity index (χ0) is 18.6. The molecular formula is C22H29NO2. The first-order valence-electron chi connectivity index (χ1n) is 8.99. The fourth-order valence-electron chi connectivity index (χ4n) is 3.40. The Morgan fingerprint density at radius 2 is 1.36 bits per heavy atom. The molecule has 0 saturated heterocycles. The Labute approximate surface area is 151 Å². The Balaban J connectivity index is 2.39. The minimum atomic E-state index is -0.651. The molecule has 2 atom stereocenters. The molecule has 0 radical (unpaired) electrons. The predicted molar refractivity (Wildman–Crippen MR) is 103 cm³/mol. The fourth-order valence-corrected chi connectivity index (χ4v) is 3.40. The van der Waals surface area contributed by atoms with Crippen molar-refractivity contribution in [2.75, 3.05) is 0 Å². The Hall–Kier alpha value is -2.13. The van der Waals surface area contributed by atoms with Gasteiger partial charge < -0.3 is 10.0 Å². The van der Waals surface area contributed by atoms with Gasteiger partial charge in [0, 0.05) is 23.6 Å². The van der Waals surface area contributed by atoms with E-state index in [1.807, 2.05) is 94.1 Å². The van der Waals surface area contributed by atoms with Crippen LogP contribution in [0.2, 0.25) is 0 Å². The molecule has 0 heterocycles. The van der Waals surface area contributed by atoms with E-state index in [9.17, 15) is 9.90 Å². The third-order valence-electron chi connectivity index (χ3n) is 4.64. The van der Waals surface area contributed by atoms with Crippen molar-refractivity contribution in [1.29, 1.82) is 0 Å². The number of carbonyl (C=O) groups is 1. The van der Waals surface area contributed by atoms with Crippen molar-refractivity contribution < 1.29 is 9.90 Å². The molecule has 2 aromatic rings. The monoisotopic (exact) mass is 339 g/mol. The van der Waals surface area contributed by atoms with E-state index in [-0.39, 0.29) is 23.9 Å². The zero-order valence-electron chi connectivity index (χ0n) is 15.8. The largest absolute Gasteiger partial charge is 0.388 e. The highest BCUT2D eigenvalue weighted by Gasteiger charge is 2.27. The van der Waals surface area contributed by atoms with Crippen LogP contribution in [0.15, 0.2) is 54.6 Å². The van der Waals surface area contributed by atoms with Gasteiger partial charge in [-0.3, -0.25) is 4.79 Å². The van der Waals surface area contributed by atoms with Crippen LogP contribution in [0.4, 0.5) is 0 Å². The molecule has 1 amide bonds. The number of hydrogen-bond acceptors (Lipinski definition) is 2. The van der Waals surface area contributed by atoms with Crippen molar-refractivity contribution in [1.82, 2.24) is 4.90 Å². The molecule has 2 rings (SSSR count). The quantitative estimate of drug-likeness (QED) is 0.822. The zero-order valence-corrected chi connectivity index (χ0v) is 15.8. The van der Waals surface area contributed by atoms with E-state index in [2.05, 4.69) is 0 Å². The van der Waals surface area contributed by atoms with Crippen LogP contribution in [-0.4, -0.2) is 28.0 Å². The molecule has 0 fully saturated rings. The molecular weight excluding hydrogens is 310 g/mol. The summed E-state index contributed by atoms with van der Waals surface area (Å²) in [5, 5.41) is 10.8. The third kappa shape index (κ3) is 4.29. The van der Waals surface area contributed by atoms with Crippen molar-refractivity contribution in [3.63, 3.8) is 0 Å². The number of aliphatic hydroxyl groups is 1.